The lowest BCUT2D eigenvalue weighted by Gasteiger charge is -2.38. The Bertz CT molecular complexity index is 589. The van der Waals surface area contributed by atoms with Crippen molar-refractivity contribution < 1.29 is 27.8 Å². The van der Waals surface area contributed by atoms with E-state index in [4.69, 9.17) is 4.74 Å². The van der Waals surface area contributed by atoms with Gasteiger partial charge in [-0.1, -0.05) is 6.07 Å². The van der Waals surface area contributed by atoms with Crippen molar-refractivity contribution >= 4 is 11.8 Å². The normalized spacial score (nSPS) is 14.4. The molecule has 1 aliphatic rings. The predicted molar refractivity (Wildman–Crippen MR) is 77.5 cm³/mol. The monoisotopic (exact) mass is 328 g/mol. The first-order valence-electron chi connectivity index (χ1n) is 7.05. The highest BCUT2D eigenvalue weighted by Gasteiger charge is 2.29. The van der Waals surface area contributed by atoms with Crippen molar-refractivity contribution in [2.45, 2.75) is 26.0 Å². The summed E-state index contributed by atoms with van der Waals surface area (Å²) in [6.07, 6.45) is 0.0279. The van der Waals surface area contributed by atoms with Crippen LogP contribution in [0.15, 0.2) is 18.2 Å². The molecule has 0 radical (unpaired) electrons. The maximum atomic E-state index is 12.4. The van der Waals surface area contributed by atoms with Gasteiger partial charge in [-0.15, -0.1) is 0 Å². The molecule has 8 heteroatoms. The van der Waals surface area contributed by atoms with Gasteiger partial charge in [0.1, 0.15) is 0 Å². The number of nitrogens with zero attached hydrogens (tertiary/aromatic N) is 1. The Kier molecular flexibility index (Phi) is 5.36. The number of likely N-dealkylation sites (tertiary alicyclic amines) is 1. The van der Waals surface area contributed by atoms with Crippen LogP contribution in [0.2, 0.25) is 0 Å². The summed E-state index contributed by atoms with van der Waals surface area (Å²) < 4.78 is 34.1. The van der Waals surface area contributed by atoms with E-state index in [1.807, 2.05) is 0 Å². The number of hydrogen-bond donors (Lipinski definition) is 1. The number of rotatable bonds is 6. The minimum absolute atomic E-state index is 0.0279. The quantitative estimate of drug-likeness (QED) is 0.852. The molecule has 2 rings (SSSR count). The first-order valence-corrected chi connectivity index (χ1v) is 7.05. The van der Waals surface area contributed by atoms with Gasteiger partial charge in [0.25, 0.3) is 0 Å². The molecule has 1 heterocycles. The van der Waals surface area contributed by atoms with E-state index in [1.165, 1.54) is 26.2 Å². The highest BCUT2D eigenvalue weighted by Crippen LogP contribution is 2.29. The average molecular weight is 328 g/mol. The van der Waals surface area contributed by atoms with Gasteiger partial charge in [0.15, 0.2) is 11.5 Å². The summed E-state index contributed by atoms with van der Waals surface area (Å²) in [7, 11) is 1.34. The van der Waals surface area contributed by atoms with Crippen molar-refractivity contribution in [3.8, 4) is 11.5 Å². The third kappa shape index (κ3) is 4.54. The molecule has 1 N–H and O–H groups in total. The summed E-state index contributed by atoms with van der Waals surface area (Å²) in [5.74, 6) is -0.212. The van der Waals surface area contributed by atoms with E-state index in [9.17, 15) is 18.4 Å². The molecule has 0 unspecified atom stereocenters. The number of alkyl halides is 2. The molecule has 0 spiro atoms. The van der Waals surface area contributed by atoms with Crippen LogP contribution in [-0.2, 0) is 16.0 Å². The number of amides is 2. The van der Waals surface area contributed by atoms with Crippen LogP contribution in [0.25, 0.3) is 0 Å². The minimum atomic E-state index is -2.97. The van der Waals surface area contributed by atoms with Gasteiger partial charge in [-0.3, -0.25) is 9.59 Å². The van der Waals surface area contributed by atoms with Crippen molar-refractivity contribution in [1.29, 1.82) is 0 Å². The van der Waals surface area contributed by atoms with Crippen LogP contribution in [0, 0.1) is 0 Å². The smallest absolute Gasteiger partial charge is 0.387 e. The molecule has 126 valence electrons. The van der Waals surface area contributed by atoms with E-state index in [0.29, 0.717) is 18.7 Å². The third-order valence-electron chi connectivity index (χ3n) is 3.50. The molecule has 1 saturated heterocycles. The number of carbonyl (C=O) groups excluding carboxylic acids is 2. The second kappa shape index (κ2) is 7.26. The van der Waals surface area contributed by atoms with E-state index in [1.54, 1.807) is 11.0 Å². The van der Waals surface area contributed by atoms with Crippen LogP contribution in [0.5, 0.6) is 11.5 Å². The number of methoxy groups -OCH3 is 1. The molecule has 2 amide bonds. The molecule has 0 atom stereocenters. The Morgan fingerprint density at radius 2 is 2.04 bits per heavy atom. The van der Waals surface area contributed by atoms with E-state index in [2.05, 4.69) is 10.1 Å². The SMILES string of the molecule is COc1ccc(CC(=O)NC2CN(C(C)=O)C2)cc1OC(F)F. The second-order valence-electron chi connectivity index (χ2n) is 5.23. The van der Waals surface area contributed by atoms with Crippen LogP contribution in [0.1, 0.15) is 12.5 Å². The zero-order chi connectivity index (χ0) is 17.0. The lowest BCUT2D eigenvalue weighted by Crippen LogP contribution is -2.60. The highest BCUT2D eigenvalue weighted by molar-refractivity contribution is 5.80. The molecular formula is C15H18F2N2O4. The summed E-state index contributed by atoms with van der Waals surface area (Å²) in [5, 5.41) is 2.79. The molecule has 23 heavy (non-hydrogen) atoms. The molecule has 1 aliphatic heterocycles. The number of benzene rings is 1. The van der Waals surface area contributed by atoms with Crippen LogP contribution in [0.4, 0.5) is 8.78 Å². The Morgan fingerprint density at radius 3 is 2.61 bits per heavy atom. The number of ether oxygens (including phenoxy) is 2. The molecule has 1 fully saturated rings. The lowest BCUT2D eigenvalue weighted by atomic mass is 10.1. The van der Waals surface area contributed by atoms with Gasteiger partial charge < -0.3 is 19.7 Å². The summed E-state index contributed by atoms with van der Waals surface area (Å²) in [6, 6.07) is 4.37. The largest absolute Gasteiger partial charge is 0.493 e. The zero-order valence-corrected chi connectivity index (χ0v) is 12.8. The maximum absolute atomic E-state index is 12.4. The van der Waals surface area contributed by atoms with Crippen molar-refractivity contribution in [2.75, 3.05) is 20.2 Å². The van der Waals surface area contributed by atoms with Gasteiger partial charge in [-0.05, 0) is 17.7 Å². The minimum Gasteiger partial charge on any atom is -0.493 e. The van der Waals surface area contributed by atoms with E-state index >= 15 is 0 Å². The molecule has 1 aromatic carbocycles. The maximum Gasteiger partial charge on any atom is 0.387 e. The number of nitrogens with one attached hydrogen (secondary N) is 1. The topological polar surface area (TPSA) is 67.9 Å². The molecule has 1 aromatic rings. The third-order valence-corrected chi connectivity index (χ3v) is 3.50. The fourth-order valence-electron chi connectivity index (χ4n) is 2.31. The van der Waals surface area contributed by atoms with E-state index in [-0.39, 0.29) is 35.8 Å². The Labute approximate surface area is 132 Å². The first kappa shape index (κ1) is 17.0. The predicted octanol–water partition coefficient (Wildman–Crippen LogP) is 1.19. The average Bonchev–Trinajstić information content (AvgIpc) is 2.41. The zero-order valence-electron chi connectivity index (χ0n) is 12.8. The molecule has 0 bridgehead atoms. The number of halogens is 2. The molecular weight excluding hydrogens is 310 g/mol. The highest BCUT2D eigenvalue weighted by atomic mass is 19.3. The van der Waals surface area contributed by atoms with Gasteiger partial charge >= 0.3 is 6.61 Å². The Balaban J connectivity index is 1.92. The van der Waals surface area contributed by atoms with Gasteiger partial charge in [0.2, 0.25) is 11.8 Å². The van der Waals surface area contributed by atoms with Gasteiger partial charge in [0, 0.05) is 20.0 Å². The van der Waals surface area contributed by atoms with Gasteiger partial charge in [-0.25, -0.2) is 0 Å². The Hall–Kier alpha value is -2.38. The van der Waals surface area contributed by atoms with Crippen LogP contribution in [-0.4, -0.2) is 49.6 Å². The summed E-state index contributed by atoms with van der Waals surface area (Å²) in [6.45, 7) is -0.521. The van der Waals surface area contributed by atoms with E-state index < -0.39 is 6.61 Å². The molecule has 0 saturated carbocycles. The molecule has 0 aliphatic carbocycles. The van der Waals surface area contributed by atoms with Crippen molar-refractivity contribution in [3.63, 3.8) is 0 Å². The molecule has 0 aromatic heterocycles. The summed E-state index contributed by atoms with van der Waals surface area (Å²) in [5.41, 5.74) is 0.529. The first-order chi connectivity index (χ1) is 10.9. The van der Waals surface area contributed by atoms with Gasteiger partial charge in [0.05, 0.1) is 19.6 Å². The fourth-order valence-corrected chi connectivity index (χ4v) is 2.31. The number of carbonyl (C=O) groups is 2. The van der Waals surface area contributed by atoms with Crippen LogP contribution >= 0.6 is 0 Å². The fraction of sp³-hybridized carbons (Fsp3) is 0.467. The van der Waals surface area contributed by atoms with E-state index in [0.717, 1.165) is 0 Å². The summed E-state index contributed by atoms with van der Waals surface area (Å²) >= 11 is 0. The lowest BCUT2D eigenvalue weighted by molar-refractivity contribution is -0.135. The van der Waals surface area contributed by atoms with Crippen molar-refractivity contribution in [3.05, 3.63) is 23.8 Å². The van der Waals surface area contributed by atoms with Crippen molar-refractivity contribution in [1.82, 2.24) is 10.2 Å². The van der Waals surface area contributed by atoms with Crippen molar-refractivity contribution in [2.24, 2.45) is 0 Å². The summed E-state index contributed by atoms with van der Waals surface area (Å²) in [4.78, 5) is 24.6. The van der Waals surface area contributed by atoms with Gasteiger partial charge in [-0.2, -0.15) is 8.78 Å². The standard InChI is InChI=1S/C15H18F2N2O4/c1-9(20)19-7-11(8-19)18-14(21)6-10-3-4-12(22-2)13(5-10)23-15(16)17/h3-5,11,15H,6-8H2,1-2H3,(H,18,21). The molecule has 6 nitrogen and oxygen atoms in total. The Morgan fingerprint density at radius 1 is 1.35 bits per heavy atom. The number of hydrogen-bond acceptors (Lipinski definition) is 4. The van der Waals surface area contributed by atoms with Crippen LogP contribution < -0.4 is 14.8 Å². The van der Waals surface area contributed by atoms with Crippen LogP contribution in [0.3, 0.4) is 0 Å². The second-order valence-corrected chi connectivity index (χ2v) is 5.23.